The molecule has 1 rings (SSSR count). The van der Waals surface area contributed by atoms with E-state index in [1.807, 2.05) is 37.2 Å². The highest BCUT2D eigenvalue weighted by Crippen LogP contribution is 2.17. The molecule has 0 aromatic heterocycles. The highest BCUT2D eigenvalue weighted by atomic mass is 16.2. The average Bonchev–Trinajstić information content (AvgIpc) is 2.80. The largest absolute Gasteiger partial charge is 0.377 e. The number of unbranched alkanes of at least 4 members (excludes halogenated alkanes) is 10. The monoisotopic (exact) mass is 459 g/mol. The zero-order valence-corrected chi connectivity index (χ0v) is 21.3. The van der Waals surface area contributed by atoms with Crippen molar-refractivity contribution < 1.29 is 14.4 Å². The molecule has 0 aliphatic carbocycles. The summed E-state index contributed by atoms with van der Waals surface area (Å²) in [5.41, 5.74) is 1.36. The van der Waals surface area contributed by atoms with Gasteiger partial charge in [0.15, 0.2) is 0 Å². The molecule has 0 spiro atoms. The molecule has 1 aromatic carbocycles. The number of hydrogen-bond acceptors (Lipinski definition) is 4. The Bertz CT molecular complexity index is 718. The van der Waals surface area contributed by atoms with Gasteiger partial charge in [-0.1, -0.05) is 83.3 Å². The van der Waals surface area contributed by atoms with E-state index >= 15 is 0 Å². The number of para-hydroxylation sites is 1. The molecule has 1 aromatic rings. The van der Waals surface area contributed by atoms with Gasteiger partial charge in [-0.25, -0.2) is 0 Å². The third kappa shape index (κ3) is 12.4. The molecule has 0 heterocycles. The maximum absolute atomic E-state index is 12.5. The Morgan fingerprint density at radius 1 is 0.788 bits per heavy atom. The van der Waals surface area contributed by atoms with Crippen molar-refractivity contribution in [3.8, 4) is 0 Å². The Morgan fingerprint density at radius 2 is 1.33 bits per heavy atom. The lowest BCUT2D eigenvalue weighted by Gasteiger charge is -2.20. The lowest BCUT2D eigenvalue weighted by molar-refractivity contribution is -0.134. The molecule has 186 valence electrons. The van der Waals surface area contributed by atoms with Crippen LogP contribution in [0.2, 0.25) is 0 Å². The van der Waals surface area contributed by atoms with Crippen molar-refractivity contribution in [1.82, 2.24) is 10.2 Å². The summed E-state index contributed by atoms with van der Waals surface area (Å²) in [6.45, 7) is 2.32. The molecule has 0 fully saturated rings. The molecule has 0 bridgehead atoms. The average molecular weight is 460 g/mol. The fourth-order valence-corrected chi connectivity index (χ4v) is 3.81. The summed E-state index contributed by atoms with van der Waals surface area (Å²) >= 11 is 0. The maximum Gasteiger partial charge on any atom is 0.254 e. The second-order valence-electron chi connectivity index (χ2n) is 9.17. The Labute approximate surface area is 201 Å². The number of Topliss-reactive ketones (excluding diaryl/α,β-unsaturated/α-hetero) is 1. The zero-order chi connectivity index (χ0) is 24.5. The third-order valence-electron chi connectivity index (χ3n) is 5.94. The minimum Gasteiger partial charge on any atom is -0.377 e. The van der Waals surface area contributed by atoms with Crippen molar-refractivity contribution in [2.45, 2.75) is 90.4 Å². The van der Waals surface area contributed by atoms with Crippen LogP contribution >= 0.6 is 0 Å². The smallest absolute Gasteiger partial charge is 0.254 e. The fraction of sp³-hybridized carbons (Fsp3) is 0.667. The molecule has 1 N–H and O–H groups in total. The summed E-state index contributed by atoms with van der Waals surface area (Å²) in [7, 11) is 5.36. The molecule has 0 aliphatic heterocycles. The predicted molar refractivity (Wildman–Crippen MR) is 137 cm³/mol. The van der Waals surface area contributed by atoms with Crippen LogP contribution in [0.25, 0.3) is 0 Å². The number of ketones is 1. The number of carbonyl (C=O) groups is 3. The van der Waals surface area contributed by atoms with Gasteiger partial charge in [-0.15, -0.1) is 0 Å². The highest BCUT2D eigenvalue weighted by molar-refractivity contribution is 6.00. The number of nitrogens with one attached hydrogen (secondary N) is 1. The van der Waals surface area contributed by atoms with Crippen LogP contribution in [0.5, 0.6) is 0 Å². The SMILES string of the molecule is CCCCCCCCCCCCCC(=O)CC(=O)N(C)CNC(=O)c1ccccc1N(C)C. The van der Waals surface area contributed by atoms with Crippen molar-refractivity contribution in [2.75, 3.05) is 32.7 Å². The van der Waals surface area contributed by atoms with E-state index in [1.54, 1.807) is 13.1 Å². The van der Waals surface area contributed by atoms with Crippen molar-refractivity contribution in [2.24, 2.45) is 0 Å². The van der Waals surface area contributed by atoms with Crippen molar-refractivity contribution in [3.05, 3.63) is 29.8 Å². The molecule has 0 aliphatic rings. The Hall–Kier alpha value is -2.37. The summed E-state index contributed by atoms with van der Waals surface area (Å²) in [6.07, 6.45) is 14.0. The molecule has 0 atom stereocenters. The normalized spacial score (nSPS) is 10.7. The number of amides is 2. The van der Waals surface area contributed by atoms with E-state index in [0.717, 1.165) is 24.9 Å². The van der Waals surface area contributed by atoms with Crippen LogP contribution in [-0.4, -0.2) is 50.3 Å². The van der Waals surface area contributed by atoms with E-state index in [1.165, 1.54) is 56.3 Å². The van der Waals surface area contributed by atoms with Crippen LogP contribution in [0.15, 0.2) is 24.3 Å². The fourth-order valence-electron chi connectivity index (χ4n) is 3.81. The number of nitrogens with zero attached hydrogens (tertiary/aromatic N) is 2. The summed E-state index contributed by atoms with van der Waals surface area (Å²) in [6, 6.07) is 7.31. The molecule has 6 nitrogen and oxygen atoms in total. The van der Waals surface area contributed by atoms with Gasteiger partial charge in [0.05, 0.1) is 18.7 Å². The molecule has 33 heavy (non-hydrogen) atoms. The minimum atomic E-state index is -0.260. The summed E-state index contributed by atoms with van der Waals surface area (Å²) in [5, 5.41) is 2.77. The van der Waals surface area contributed by atoms with E-state index in [2.05, 4.69) is 12.2 Å². The third-order valence-corrected chi connectivity index (χ3v) is 5.94. The standard InChI is InChI=1S/C27H45N3O3/c1-5-6-7-8-9-10-11-12-13-14-15-18-23(31)21-26(32)30(4)22-28-27(33)24-19-16-17-20-25(24)29(2)3/h16-17,19-20H,5-15,18,21-22H2,1-4H3,(H,28,33). The van der Waals surface area contributed by atoms with Crippen LogP contribution in [0.3, 0.4) is 0 Å². The van der Waals surface area contributed by atoms with E-state index in [0.29, 0.717) is 12.0 Å². The molecule has 0 saturated carbocycles. The Kier molecular flexibility index (Phi) is 14.9. The first-order valence-corrected chi connectivity index (χ1v) is 12.7. The summed E-state index contributed by atoms with van der Waals surface area (Å²) < 4.78 is 0. The van der Waals surface area contributed by atoms with Crippen LogP contribution < -0.4 is 10.2 Å². The van der Waals surface area contributed by atoms with Gasteiger partial charge < -0.3 is 15.1 Å². The molecular formula is C27H45N3O3. The minimum absolute atomic E-state index is 0.0212. The van der Waals surface area contributed by atoms with Gasteiger partial charge in [0.25, 0.3) is 5.91 Å². The van der Waals surface area contributed by atoms with Gasteiger partial charge in [-0.3, -0.25) is 14.4 Å². The van der Waals surface area contributed by atoms with E-state index in [4.69, 9.17) is 0 Å². The van der Waals surface area contributed by atoms with E-state index in [-0.39, 0.29) is 30.7 Å². The number of anilines is 1. The second-order valence-corrected chi connectivity index (χ2v) is 9.17. The maximum atomic E-state index is 12.5. The summed E-state index contributed by atoms with van der Waals surface area (Å²) in [4.78, 5) is 40.3. The quantitative estimate of drug-likeness (QED) is 0.177. The number of hydrogen-bond donors (Lipinski definition) is 1. The Morgan fingerprint density at radius 3 is 1.91 bits per heavy atom. The highest BCUT2D eigenvalue weighted by Gasteiger charge is 2.16. The lowest BCUT2D eigenvalue weighted by Crippen LogP contribution is -2.39. The van der Waals surface area contributed by atoms with Crippen molar-refractivity contribution >= 4 is 23.3 Å². The van der Waals surface area contributed by atoms with Crippen LogP contribution in [-0.2, 0) is 9.59 Å². The number of carbonyl (C=O) groups excluding carboxylic acids is 3. The first kappa shape index (κ1) is 28.7. The van der Waals surface area contributed by atoms with Gasteiger partial charge in [0.2, 0.25) is 5.91 Å². The van der Waals surface area contributed by atoms with Crippen LogP contribution in [0.4, 0.5) is 5.69 Å². The number of rotatable bonds is 18. The lowest BCUT2D eigenvalue weighted by atomic mass is 10.0. The van der Waals surface area contributed by atoms with Crippen LogP contribution in [0, 0.1) is 0 Å². The van der Waals surface area contributed by atoms with Gasteiger partial charge in [-0.2, -0.15) is 0 Å². The Balaban J connectivity index is 2.17. The predicted octanol–water partition coefficient (Wildman–Crippen LogP) is 5.56. The van der Waals surface area contributed by atoms with Crippen molar-refractivity contribution in [1.29, 1.82) is 0 Å². The number of benzene rings is 1. The molecule has 6 heteroatoms. The molecule has 2 amide bonds. The molecule has 0 saturated heterocycles. The summed E-state index contributed by atoms with van der Waals surface area (Å²) in [5.74, 6) is -0.525. The zero-order valence-electron chi connectivity index (χ0n) is 21.3. The van der Waals surface area contributed by atoms with Crippen LogP contribution in [0.1, 0.15) is 101 Å². The first-order chi connectivity index (χ1) is 15.9. The molecule has 0 unspecified atom stereocenters. The molecular weight excluding hydrogens is 414 g/mol. The van der Waals surface area contributed by atoms with Gasteiger partial charge in [0.1, 0.15) is 5.78 Å². The molecule has 0 radical (unpaired) electrons. The van der Waals surface area contributed by atoms with Crippen molar-refractivity contribution in [3.63, 3.8) is 0 Å². The van der Waals surface area contributed by atoms with Gasteiger partial charge >= 0.3 is 0 Å². The topological polar surface area (TPSA) is 69.7 Å². The van der Waals surface area contributed by atoms with E-state index in [9.17, 15) is 14.4 Å². The van der Waals surface area contributed by atoms with Gasteiger partial charge in [-0.05, 0) is 18.6 Å². The first-order valence-electron chi connectivity index (χ1n) is 12.7. The second kappa shape index (κ2) is 17.2. The van der Waals surface area contributed by atoms with E-state index < -0.39 is 0 Å². The van der Waals surface area contributed by atoms with Gasteiger partial charge in [0, 0.05) is 33.3 Å².